The summed E-state index contributed by atoms with van der Waals surface area (Å²) in [5.41, 5.74) is 1.10. The standard InChI is InChI=1S/C14H21ClN2O/c1-14(2)10-16-11(7-8-18)9-17(14)13-6-4-3-5-12(13)15/h3-6,11,16,18H,7-10H2,1-2H3. The van der Waals surface area contributed by atoms with Gasteiger partial charge in [-0.2, -0.15) is 0 Å². The van der Waals surface area contributed by atoms with Crippen molar-refractivity contribution >= 4 is 17.3 Å². The Morgan fingerprint density at radius 1 is 1.44 bits per heavy atom. The Kier molecular flexibility index (Phi) is 4.15. The first-order valence-corrected chi connectivity index (χ1v) is 6.79. The van der Waals surface area contributed by atoms with Crippen LogP contribution in [0, 0.1) is 0 Å². The Balaban J connectivity index is 2.24. The van der Waals surface area contributed by atoms with Crippen molar-refractivity contribution in [3.8, 4) is 0 Å². The SMILES string of the molecule is CC1(C)CNC(CCO)CN1c1ccccc1Cl. The van der Waals surface area contributed by atoms with Crippen molar-refractivity contribution in [2.75, 3.05) is 24.6 Å². The van der Waals surface area contributed by atoms with Crippen LogP contribution >= 0.6 is 11.6 Å². The van der Waals surface area contributed by atoms with Crippen molar-refractivity contribution < 1.29 is 5.11 Å². The third kappa shape index (κ3) is 2.79. The van der Waals surface area contributed by atoms with Gasteiger partial charge in [-0.15, -0.1) is 0 Å². The highest BCUT2D eigenvalue weighted by atomic mass is 35.5. The summed E-state index contributed by atoms with van der Waals surface area (Å²) < 4.78 is 0. The molecule has 18 heavy (non-hydrogen) atoms. The lowest BCUT2D eigenvalue weighted by Crippen LogP contribution is -2.62. The lowest BCUT2D eigenvalue weighted by Gasteiger charge is -2.48. The molecule has 0 radical (unpaired) electrons. The fraction of sp³-hybridized carbons (Fsp3) is 0.571. The molecule has 4 heteroatoms. The summed E-state index contributed by atoms with van der Waals surface area (Å²) in [6.45, 7) is 6.39. The van der Waals surface area contributed by atoms with Crippen LogP contribution in [0.15, 0.2) is 24.3 Å². The van der Waals surface area contributed by atoms with Gasteiger partial charge in [0.15, 0.2) is 0 Å². The van der Waals surface area contributed by atoms with Crippen LogP contribution in [-0.4, -0.2) is 36.4 Å². The largest absolute Gasteiger partial charge is 0.396 e. The van der Waals surface area contributed by atoms with Gasteiger partial charge in [0.05, 0.1) is 10.7 Å². The number of hydrogen-bond acceptors (Lipinski definition) is 3. The van der Waals surface area contributed by atoms with Crippen LogP contribution in [0.4, 0.5) is 5.69 Å². The number of nitrogens with zero attached hydrogens (tertiary/aromatic N) is 1. The van der Waals surface area contributed by atoms with Crippen LogP contribution in [0.25, 0.3) is 0 Å². The first-order valence-electron chi connectivity index (χ1n) is 6.41. The van der Waals surface area contributed by atoms with E-state index in [4.69, 9.17) is 16.7 Å². The Hall–Kier alpha value is -0.770. The van der Waals surface area contributed by atoms with Crippen molar-refractivity contribution in [2.45, 2.75) is 31.8 Å². The molecule has 0 bridgehead atoms. The van der Waals surface area contributed by atoms with Crippen LogP contribution in [0.1, 0.15) is 20.3 Å². The van der Waals surface area contributed by atoms with Gasteiger partial charge in [-0.1, -0.05) is 23.7 Å². The fourth-order valence-corrected chi connectivity index (χ4v) is 2.70. The molecule has 1 unspecified atom stereocenters. The van der Waals surface area contributed by atoms with Gasteiger partial charge in [-0.3, -0.25) is 0 Å². The molecule has 1 fully saturated rings. The molecule has 0 saturated carbocycles. The number of piperazine rings is 1. The molecule has 1 aromatic carbocycles. The molecule has 1 aliphatic heterocycles. The number of para-hydroxylation sites is 1. The normalized spacial score (nSPS) is 23.1. The van der Waals surface area contributed by atoms with E-state index in [1.165, 1.54) is 0 Å². The van der Waals surface area contributed by atoms with E-state index in [0.29, 0.717) is 6.04 Å². The summed E-state index contributed by atoms with van der Waals surface area (Å²) in [4.78, 5) is 2.34. The maximum Gasteiger partial charge on any atom is 0.0639 e. The van der Waals surface area contributed by atoms with Crippen molar-refractivity contribution in [2.24, 2.45) is 0 Å². The number of benzene rings is 1. The quantitative estimate of drug-likeness (QED) is 0.883. The summed E-state index contributed by atoms with van der Waals surface area (Å²) in [6.07, 6.45) is 0.775. The van der Waals surface area contributed by atoms with Crippen molar-refractivity contribution in [1.82, 2.24) is 5.32 Å². The topological polar surface area (TPSA) is 35.5 Å². The van der Waals surface area contributed by atoms with E-state index in [1.54, 1.807) is 0 Å². The smallest absolute Gasteiger partial charge is 0.0639 e. The van der Waals surface area contributed by atoms with Crippen molar-refractivity contribution in [3.05, 3.63) is 29.3 Å². The summed E-state index contributed by atoms with van der Waals surface area (Å²) in [6, 6.07) is 8.27. The molecule has 3 nitrogen and oxygen atoms in total. The Labute approximate surface area is 114 Å². The molecule has 1 atom stereocenters. The number of halogens is 1. The first kappa shape index (κ1) is 13.7. The minimum Gasteiger partial charge on any atom is -0.396 e. The second kappa shape index (κ2) is 5.47. The molecular formula is C14H21ClN2O. The zero-order chi connectivity index (χ0) is 13.2. The summed E-state index contributed by atoms with van der Waals surface area (Å²) in [5.74, 6) is 0. The molecule has 0 spiro atoms. The van der Waals surface area contributed by atoms with Crippen LogP contribution < -0.4 is 10.2 Å². The molecule has 1 aliphatic rings. The molecule has 1 heterocycles. The zero-order valence-corrected chi connectivity index (χ0v) is 11.7. The van der Waals surface area contributed by atoms with Gasteiger partial charge in [-0.25, -0.2) is 0 Å². The van der Waals surface area contributed by atoms with Crippen LogP contribution in [0.2, 0.25) is 5.02 Å². The molecule has 0 amide bonds. The highest BCUT2D eigenvalue weighted by Crippen LogP contribution is 2.32. The fourth-order valence-electron chi connectivity index (χ4n) is 2.47. The zero-order valence-electron chi connectivity index (χ0n) is 11.0. The molecule has 2 rings (SSSR count). The van der Waals surface area contributed by atoms with Crippen molar-refractivity contribution in [3.63, 3.8) is 0 Å². The third-order valence-electron chi connectivity index (χ3n) is 3.58. The lowest BCUT2D eigenvalue weighted by molar-refractivity contribution is 0.240. The Morgan fingerprint density at radius 2 is 2.17 bits per heavy atom. The van der Waals surface area contributed by atoms with E-state index in [-0.39, 0.29) is 12.1 Å². The number of aliphatic hydroxyl groups is 1. The summed E-state index contributed by atoms with van der Waals surface area (Å²) in [7, 11) is 0. The highest BCUT2D eigenvalue weighted by molar-refractivity contribution is 6.33. The minimum absolute atomic E-state index is 0.0248. The molecule has 0 aliphatic carbocycles. The molecule has 100 valence electrons. The molecule has 1 saturated heterocycles. The predicted molar refractivity (Wildman–Crippen MR) is 76.4 cm³/mol. The lowest BCUT2D eigenvalue weighted by atomic mass is 9.95. The Morgan fingerprint density at radius 3 is 2.83 bits per heavy atom. The van der Waals surface area contributed by atoms with E-state index in [0.717, 1.165) is 30.2 Å². The average Bonchev–Trinajstić information content (AvgIpc) is 2.33. The van der Waals surface area contributed by atoms with Crippen LogP contribution in [0.5, 0.6) is 0 Å². The maximum absolute atomic E-state index is 9.08. The second-order valence-electron chi connectivity index (χ2n) is 5.46. The van der Waals surface area contributed by atoms with E-state index in [9.17, 15) is 0 Å². The number of anilines is 1. The van der Waals surface area contributed by atoms with Crippen LogP contribution in [-0.2, 0) is 0 Å². The number of aliphatic hydroxyl groups excluding tert-OH is 1. The van der Waals surface area contributed by atoms with Gasteiger partial charge in [0.25, 0.3) is 0 Å². The first-order chi connectivity index (χ1) is 8.54. The van der Waals surface area contributed by atoms with E-state index < -0.39 is 0 Å². The number of nitrogens with one attached hydrogen (secondary N) is 1. The van der Waals surface area contributed by atoms with Gasteiger partial charge >= 0.3 is 0 Å². The van der Waals surface area contributed by atoms with Gasteiger partial charge in [0, 0.05) is 31.3 Å². The van der Waals surface area contributed by atoms with Gasteiger partial charge in [0.1, 0.15) is 0 Å². The highest BCUT2D eigenvalue weighted by Gasteiger charge is 2.34. The predicted octanol–water partition coefficient (Wildman–Crippen LogP) is 2.28. The van der Waals surface area contributed by atoms with E-state index in [2.05, 4.69) is 30.1 Å². The second-order valence-corrected chi connectivity index (χ2v) is 5.87. The molecule has 0 aromatic heterocycles. The minimum atomic E-state index is 0.0248. The average molecular weight is 269 g/mol. The molecular weight excluding hydrogens is 248 g/mol. The van der Waals surface area contributed by atoms with Crippen molar-refractivity contribution in [1.29, 1.82) is 0 Å². The Bertz CT molecular complexity index is 409. The van der Waals surface area contributed by atoms with E-state index in [1.807, 2.05) is 18.2 Å². The van der Waals surface area contributed by atoms with Crippen LogP contribution in [0.3, 0.4) is 0 Å². The van der Waals surface area contributed by atoms with Gasteiger partial charge in [-0.05, 0) is 32.4 Å². The number of rotatable bonds is 3. The summed E-state index contributed by atoms with van der Waals surface area (Å²) in [5, 5.41) is 13.3. The molecule has 2 N–H and O–H groups in total. The number of hydrogen-bond donors (Lipinski definition) is 2. The monoisotopic (exact) mass is 268 g/mol. The third-order valence-corrected chi connectivity index (χ3v) is 3.90. The maximum atomic E-state index is 9.08. The molecule has 1 aromatic rings. The van der Waals surface area contributed by atoms with Gasteiger partial charge < -0.3 is 15.3 Å². The van der Waals surface area contributed by atoms with Gasteiger partial charge in [0.2, 0.25) is 0 Å². The summed E-state index contributed by atoms with van der Waals surface area (Å²) >= 11 is 6.30. The van der Waals surface area contributed by atoms with E-state index >= 15 is 0 Å².